The molecule has 0 N–H and O–H groups in total. The van der Waals surface area contributed by atoms with Gasteiger partial charge < -0.3 is 0 Å². The standard InChI is InChI=1S/C8H7ClFNO/c1-4-6(5(2)12)3-11-8(9)7(4)10/h3H,1-2H3. The van der Waals surface area contributed by atoms with Crippen LogP contribution in [0.1, 0.15) is 22.8 Å². The van der Waals surface area contributed by atoms with Crippen molar-refractivity contribution < 1.29 is 9.18 Å². The fourth-order valence-corrected chi connectivity index (χ4v) is 1.09. The minimum absolute atomic E-state index is 0.197. The van der Waals surface area contributed by atoms with Gasteiger partial charge in [0.2, 0.25) is 0 Å². The van der Waals surface area contributed by atoms with E-state index in [4.69, 9.17) is 11.6 Å². The van der Waals surface area contributed by atoms with Gasteiger partial charge >= 0.3 is 0 Å². The molecule has 4 heteroatoms. The Balaban J connectivity index is 3.36. The maximum absolute atomic E-state index is 13.0. The number of hydrogen-bond donors (Lipinski definition) is 0. The lowest BCUT2D eigenvalue weighted by atomic mass is 10.1. The summed E-state index contributed by atoms with van der Waals surface area (Å²) in [6.45, 7) is 2.86. The van der Waals surface area contributed by atoms with Crippen LogP contribution in [-0.4, -0.2) is 10.8 Å². The number of halogens is 2. The largest absolute Gasteiger partial charge is 0.294 e. The first-order valence-corrected chi connectivity index (χ1v) is 3.73. The molecule has 0 aliphatic heterocycles. The highest BCUT2D eigenvalue weighted by Crippen LogP contribution is 2.18. The van der Waals surface area contributed by atoms with Crippen molar-refractivity contribution in [3.05, 3.63) is 28.3 Å². The maximum Gasteiger partial charge on any atom is 0.165 e. The first-order valence-electron chi connectivity index (χ1n) is 3.35. The average Bonchev–Trinajstić information content (AvgIpc) is 2.00. The van der Waals surface area contributed by atoms with Crippen LogP contribution in [0.15, 0.2) is 6.20 Å². The van der Waals surface area contributed by atoms with E-state index in [1.165, 1.54) is 20.0 Å². The maximum atomic E-state index is 13.0. The highest BCUT2D eigenvalue weighted by Gasteiger charge is 2.11. The van der Waals surface area contributed by atoms with Crippen LogP contribution < -0.4 is 0 Å². The van der Waals surface area contributed by atoms with Crippen LogP contribution in [0.2, 0.25) is 5.15 Å². The summed E-state index contributed by atoms with van der Waals surface area (Å²) in [7, 11) is 0. The first kappa shape index (κ1) is 9.13. The molecule has 0 bridgehead atoms. The van der Waals surface area contributed by atoms with Crippen LogP contribution in [0.4, 0.5) is 4.39 Å². The van der Waals surface area contributed by atoms with E-state index in [0.29, 0.717) is 0 Å². The first-order chi connectivity index (χ1) is 5.54. The number of nitrogens with zero attached hydrogens (tertiary/aromatic N) is 1. The lowest BCUT2D eigenvalue weighted by Crippen LogP contribution is -2.00. The lowest BCUT2D eigenvalue weighted by molar-refractivity contribution is 0.101. The van der Waals surface area contributed by atoms with Gasteiger partial charge in [0.05, 0.1) is 0 Å². The van der Waals surface area contributed by atoms with E-state index in [0.717, 1.165) is 0 Å². The number of rotatable bonds is 1. The van der Waals surface area contributed by atoms with Crippen molar-refractivity contribution in [1.82, 2.24) is 4.98 Å². The summed E-state index contributed by atoms with van der Waals surface area (Å²) in [5.41, 5.74) is 0.527. The molecule has 0 amide bonds. The van der Waals surface area contributed by atoms with Gasteiger partial charge in [-0.15, -0.1) is 0 Å². The van der Waals surface area contributed by atoms with Gasteiger partial charge in [-0.05, 0) is 13.8 Å². The number of hydrogen-bond acceptors (Lipinski definition) is 2. The van der Waals surface area contributed by atoms with E-state index in [1.807, 2.05) is 0 Å². The summed E-state index contributed by atoms with van der Waals surface area (Å²) in [5.74, 6) is -0.833. The smallest absolute Gasteiger partial charge is 0.165 e. The minimum atomic E-state index is -0.621. The molecule has 1 heterocycles. The molecule has 0 aliphatic carbocycles. The van der Waals surface area contributed by atoms with Gasteiger partial charge in [0.25, 0.3) is 0 Å². The van der Waals surface area contributed by atoms with Crippen LogP contribution in [0.5, 0.6) is 0 Å². The summed E-state index contributed by atoms with van der Waals surface area (Å²) in [6.07, 6.45) is 1.28. The van der Waals surface area contributed by atoms with E-state index >= 15 is 0 Å². The Labute approximate surface area is 74.4 Å². The third-order valence-corrected chi connectivity index (χ3v) is 1.86. The summed E-state index contributed by atoms with van der Waals surface area (Å²) in [5, 5.41) is -0.197. The number of ketones is 1. The van der Waals surface area contributed by atoms with Crippen molar-refractivity contribution in [2.75, 3.05) is 0 Å². The fourth-order valence-electron chi connectivity index (χ4n) is 0.903. The molecule has 0 aliphatic rings. The lowest BCUT2D eigenvalue weighted by Gasteiger charge is -2.02. The fraction of sp³-hybridized carbons (Fsp3) is 0.250. The zero-order chi connectivity index (χ0) is 9.30. The third-order valence-electron chi connectivity index (χ3n) is 1.60. The second-order valence-corrected chi connectivity index (χ2v) is 2.82. The Hall–Kier alpha value is -0.960. The van der Waals surface area contributed by atoms with Crippen molar-refractivity contribution in [1.29, 1.82) is 0 Å². The topological polar surface area (TPSA) is 30.0 Å². The zero-order valence-corrected chi connectivity index (χ0v) is 7.44. The molecule has 1 rings (SSSR count). The molecule has 0 radical (unpaired) electrons. The van der Waals surface area contributed by atoms with Gasteiger partial charge in [0, 0.05) is 17.3 Å². The molecular formula is C8H7ClFNO. The summed E-state index contributed by atoms with van der Waals surface area (Å²) in [4.78, 5) is 14.4. The number of carbonyl (C=O) groups excluding carboxylic acids is 1. The van der Waals surface area contributed by atoms with Gasteiger partial charge in [-0.3, -0.25) is 4.79 Å². The van der Waals surface area contributed by atoms with Crippen molar-refractivity contribution in [3.8, 4) is 0 Å². The molecule has 1 aromatic rings. The van der Waals surface area contributed by atoms with Crippen LogP contribution in [0.3, 0.4) is 0 Å². The van der Waals surface area contributed by atoms with Gasteiger partial charge in [-0.1, -0.05) is 11.6 Å². The molecule has 12 heavy (non-hydrogen) atoms. The number of aromatic nitrogens is 1. The Morgan fingerprint density at radius 2 is 2.25 bits per heavy atom. The Morgan fingerprint density at radius 1 is 1.67 bits per heavy atom. The monoisotopic (exact) mass is 187 g/mol. The van der Waals surface area contributed by atoms with Crippen molar-refractivity contribution in [3.63, 3.8) is 0 Å². The Bertz CT molecular complexity index is 338. The van der Waals surface area contributed by atoms with Crippen molar-refractivity contribution >= 4 is 17.4 Å². The molecule has 0 saturated carbocycles. The molecule has 0 saturated heterocycles. The Morgan fingerprint density at radius 3 is 2.75 bits per heavy atom. The van der Waals surface area contributed by atoms with Crippen molar-refractivity contribution in [2.45, 2.75) is 13.8 Å². The second kappa shape index (κ2) is 3.19. The third kappa shape index (κ3) is 1.46. The number of carbonyl (C=O) groups is 1. The van der Waals surface area contributed by atoms with Gasteiger partial charge in [-0.25, -0.2) is 9.37 Å². The summed E-state index contributed by atoms with van der Waals surface area (Å²) < 4.78 is 13.0. The van der Waals surface area contributed by atoms with E-state index < -0.39 is 5.82 Å². The zero-order valence-electron chi connectivity index (χ0n) is 6.69. The highest BCUT2D eigenvalue weighted by molar-refractivity contribution is 6.29. The van der Waals surface area contributed by atoms with Crippen LogP contribution >= 0.6 is 11.6 Å². The van der Waals surface area contributed by atoms with Crippen molar-refractivity contribution in [2.24, 2.45) is 0 Å². The highest BCUT2D eigenvalue weighted by atomic mass is 35.5. The minimum Gasteiger partial charge on any atom is -0.294 e. The summed E-state index contributed by atoms with van der Waals surface area (Å²) >= 11 is 5.39. The average molecular weight is 188 g/mol. The van der Waals surface area contributed by atoms with E-state index in [1.54, 1.807) is 0 Å². The van der Waals surface area contributed by atoms with Gasteiger partial charge in [0.1, 0.15) is 0 Å². The molecule has 1 aromatic heterocycles. The predicted octanol–water partition coefficient (Wildman–Crippen LogP) is 2.39. The van der Waals surface area contributed by atoms with E-state index in [-0.39, 0.29) is 22.1 Å². The molecule has 64 valence electrons. The normalized spacial score (nSPS) is 10.0. The predicted molar refractivity (Wildman–Crippen MR) is 43.9 cm³/mol. The van der Waals surface area contributed by atoms with Gasteiger partial charge in [0.15, 0.2) is 16.8 Å². The molecule has 0 fully saturated rings. The van der Waals surface area contributed by atoms with E-state index in [2.05, 4.69) is 4.98 Å². The summed E-state index contributed by atoms with van der Waals surface area (Å²) in [6, 6.07) is 0. The number of Topliss-reactive ketones (excluding diaryl/α,β-unsaturated/α-hetero) is 1. The molecule has 0 unspecified atom stereocenters. The second-order valence-electron chi connectivity index (χ2n) is 2.46. The van der Waals surface area contributed by atoms with Crippen LogP contribution in [0.25, 0.3) is 0 Å². The van der Waals surface area contributed by atoms with E-state index in [9.17, 15) is 9.18 Å². The van der Waals surface area contributed by atoms with Crippen LogP contribution in [0, 0.1) is 12.7 Å². The Kier molecular flexibility index (Phi) is 2.43. The molecule has 0 aromatic carbocycles. The number of pyridine rings is 1. The molecule has 2 nitrogen and oxygen atoms in total. The molecule has 0 spiro atoms. The quantitative estimate of drug-likeness (QED) is 0.499. The molecule has 0 atom stereocenters. The molecular weight excluding hydrogens is 181 g/mol. The van der Waals surface area contributed by atoms with Crippen LogP contribution in [-0.2, 0) is 0 Å². The SMILES string of the molecule is CC(=O)c1cnc(Cl)c(F)c1C. The van der Waals surface area contributed by atoms with Gasteiger partial charge in [-0.2, -0.15) is 0 Å².